The number of aliphatic carboxylic acids is 1. The Labute approximate surface area is 129 Å². The smallest absolute Gasteiger partial charge is 0.321 e. The third-order valence-corrected chi connectivity index (χ3v) is 3.01. The third kappa shape index (κ3) is 5.73. The van der Waals surface area contributed by atoms with Gasteiger partial charge in [0.05, 0.1) is 5.92 Å². The molecule has 0 aliphatic carbocycles. The number of carbonyl (C=O) groups is 2. The summed E-state index contributed by atoms with van der Waals surface area (Å²) >= 11 is 5.89. The maximum Gasteiger partial charge on any atom is 0.321 e. The molecule has 21 heavy (non-hydrogen) atoms. The molecule has 1 rings (SSSR count). The predicted octanol–water partition coefficient (Wildman–Crippen LogP) is 2.25. The molecule has 0 bridgehead atoms. The van der Waals surface area contributed by atoms with E-state index < -0.39 is 29.5 Å². The average molecular weight is 314 g/mol. The summed E-state index contributed by atoms with van der Waals surface area (Å²) in [4.78, 5) is 23.3. The van der Waals surface area contributed by atoms with Gasteiger partial charge in [-0.25, -0.2) is 0 Å². The number of rotatable bonds is 5. The molecule has 0 aromatic heterocycles. The van der Waals surface area contributed by atoms with E-state index in [0.29, 0.717) is 5.02 Å². The number of halogens is 1. The van der Waals surface area contributed by atoms with Crippen LogP contribution in [0.5, 0.6) is 0 Å². The second-order valence-corrected chi connectivity index (χ2v) is 6.27. The van der Waals surface area contributed by atoms with Gasteiger partial charge in [-0.1, -0.05) is 23.7 Å². The summed E-state index contributed by atoms with van der Waals surface area (Å²) in [6, 6.07) is 5.53. The number of hydrogen-bond donors (Lipinski definition) is 2. The minimum Gasteiger partial charge on any atom is -0.480 e. The van der Waals surface area contributed by atoms with Crippen LogP contribution in [0.1, 0.15) is 26.3 Å². The fourth-order valence-corrected chi connectivity index (χ4v) is 2.04. The van der Waals surface area contributed by atoms with Crippen LogP contribution in [-0.4, -0.2) is 28.7 Å². The minimum absolute atomic E-state index is 0.156. The maximum absolute atomic E-state index is 12.2. The summed E-state index contributed by atoms with van der Waals surface area (Å²) in [5, 5.41) is 9.59. The first kappa shape index (κ1) is 17.5. The molecule has 0 radical (unpaired) electrons. The molecule has 2 unspecified atom stereocenters. The molecule has 0 saturated heterocycles. The summed E-state index contributed by atoms with van der Waals surface area (Å²) in [5.74, 6) is -2.84. The molecule has 0 amide bonds. The molecule has 0 aliphatic rings. The molecule has 5 nitrogen and oxygen atoms in total. The molecule has 1 aromatic rings. The van der Waals surface area contributed by atoms with Crippen molar-refractivity contribution in [3.05, 3.63) is 34.9 Å². The number of carboxylic acid groups (broad SMARTS) is 1. The maximum atomic E-state index is 12.2. The molecule has 0 saturated carbocycles. The number of carbonyl (C=O) groups excluding carboxylic acids is 1. The van der Waals surface area contributed by atoms with E-state index in [2.05, 4.69) is 0 Å². The Hall–Kier alpha value is -1.59. The lowest BCUT2D eigenvalue weighted by Crippen LogP contribution is -2.45. The zero-order chi connectivity index (χ0) is 16.2. The summed E-state index contributed by atoms with van der Waals surface area (Å²) in [5.41, 5.74) is 5.66. The molecule has 0 fully saturated rings. The van der Waals surface area contributed by atoms with Crippen molar-refractivity contribution in [3.63, 3.8) is 0 Å². The quantitative estimate of drug-likeness (QED) is 0.814. The van der Waals surface area contributed by atoms with Gasteiger partial charge in [0, 0.05) is 5.02 Å². The molecule has 2 atom stereocenters. The van der Waals surface area contributed by atoms with Gasteiger partial charge in [-0.05, 0) is 44.9 Å². The highest BCUT2D eigenvalue weighted by atomic mass is 35.5. The lowest BCUT2D eigenvalue weighted by atomic mass is 9.92. The molecule has 116 valence electrons. The van der Waals surface area contributed by atoms with Gasteiger partial charge in [0.15, 0.2) is 0 Å². The number of carboxylic acids is 1. The molecule has 0 heterocycles. The Morgan fingerprint density at radius 3 is 2.48 bits per heavy atom. The van der Waals surface area contributed by atoms with Crippen LogP contribution in [0.2, 0.25) is 5.02 Å². The molecule has 3 N–H and O–H groups in total. The van der Waals surface area contributed by atoms with E-state index in [9.17, 15) is 9.59 Å². The van der Waals surface area contributed by atoms with Crippen LogP contribution in [0.25, 0.3) is 0 Å². The fraction of sp³-hybridized carbons (Fsp3) is 0.467. The molecule has 0 spiro atoms. The van der Waals surface area contributed by atoms with Gasteiger partial charge in [0.1, 0.15) is 11.6 Å². The van der Waals surface area contributed by atoms with Gasteiger partial charge in [0.25, 0.3) is 0 Å². The topological polar surface area (TPSA) is 89.6 Å². The Kier molecular flexibility index (Phi) is 5.75. The molecule has 6 heteroatoms. The van der Waals surface area contributed by atoms with E-state index in [1.165, 1.54) is 0 Å². The Morgan fingerprint density at radius 1 is 1.38 bits per heavy atom. The summed E-state index contributed by atoms with van der Waals surface area (Å²) in [6.07, 6.45) is 0.156. The van der Waals surface area contributed by atoms with Crippen molar-refractivity contribution in [3.8, 4) is 0 Å². The third-order valence-electron chi connectivity index (χ3n) is 2.77. The number of ether oxygens (including phenoxy) is 1. The summed E-state index contributed by atoms with van der Waals surface area (Å²) < 4.78 is 5.26. The molecular formula is C15H20ClNO4. The number of hydrogen-bond acceptors (Lipinski definition) is 4. The average Bonchev–Trinajstić information content (AvgIpc) is 2.32. The van der Waals surface area contributed by atoms with Crippen LogP contribution < -0.4 is 5.73 Å². The second kappa shape index (κ2) is 6.91. The first-order valence-corrected chi connectivity index (χ1v) is 6.93. The largest absolute Gasteiger partial charge is 0.480 e. The number of benzene rings is 1. The Bertz CT molecular complexity index is 525. The van der Waals surface area contributed by atoms with Crippen molar-refractivity contribution in [1.82, 2.24) is 0 Å². The van der Waals surface area contributed by atoms with Crippen molar-refractivity contribution in [1.29, 1.82) is 0 Å². The first-order chi connectivity index (χ1) is 9.60. The Balaban J connectivity index is 2.97. The van der Waals surface area contributed by atoms with E-state index in [-0.39, 0.29) is 6.42 Å². The van der Waals surface area contributed by atoms with Crippen molar-refractivity contribution < 1.29 is 19.4 Å². The highest BCUT2D eigenvalue weighted by Gasteiger charge is 2.34. The highest BCUT2D eigenvalue weighted by Crippen LogP contribution is 2.20. The monoisotopic (exact) mass is 313 g/mol. The van der Waals surface area contributed by atoms with E-state index >= 15 is 0 Å². The van der Waals surface area contributed by atoms with Crippen LogP contribution in [-0.2, 0) is 20.7 Å². The van der Waals surface area contributed by atoms with Crippen LogP contribution in [0, 0.1) is 5.92 Å². The minimum atomic E-state index is -1.33. The molecule has 0 aliphatic heterocycles. The Morgan fingerprint density at radius 2 is 2.00 bits per heavy atom. The van der Waals surface area contributed by atoms with E-state index in [1.807, 2.05) is 0 Å². The SMILES string of the molecule is CC(C)(C)OC(=O)C(Cc1cccc(Cl)c1)C(N)C(=O)O. The fourth-order valence-electron chi connectivity index (χ4n) is 1.82. The van der Waals surface area contributed by atoms with Gasteiger partial charge in [-0.15, -0.1) is 0 Å². The van der Waals surface area contributed by atoms with Gasteiger partial charge in [-0.3, -0.25) is 9.59 Å². The van der Waals surface area contributed by atoms with E-state index in [0.717, 1.165) is 5.56 Å². The van der Waals surface area contributed by atoms with Gasteiger partial charge in [0.2, 0.25) is 0 Å². The van der Waals surface area contributed by atoms with Gasteiger partial charge >= 0.3 is 11.9 Å². The lowest BCUT2D eigenvalue weighted by Gasteiger charge is -2.25. The van der Waals surface area contributed by atoms with Gasteiger partial charge in [-0.2, -0.15) is 0 Å². The van der Waals surface area contributed by atoms with Crippen molar-refractivity contribution >= 4 is 23.5 Å². The van der Waals surface area contributed by atoms with Crippen molar-refractivity contribution in [2.75, 3.05) is 0 Å². The first-order valence-electron chi connectivity index (χ1n) is 6.56. The lowest BCUT2D eigenvalue weighted by molar-refractivity contribution is -0.163. The van der Waals surface area contributed by atoms with Crippen LogP contribution >= 0.6 is 11.6 Å². The van der Waals surface area contributed by atoms with Crippen molar-refractivity contribution in [2.24, 2.45) is 11.7 Å². The standard InChI is InChI=1S/C15H20ClNO4/c1-15(2,3)21-14(20)11(12(17)13(18)19)8-9-5-4-6-10(16)7-9/h4-7,11-12H,8,17H2,1-3H3,(H,18,19). The molecular weight excluding hydrogens is 294 g/mol. The molecule has 1 aromatic carbocycles. The number of nitrogens with two attached hydrogens (primary N) is 1. The zero-order valence-corrected chi connectivity index (χ0v) is 13.1. The summed E-state index contributed by atoms with van der Waals surface area (Å²) in [6.45, 7) is 5.15. The van der Waals surface area contributed by atoms with Gasteiger partial charge < -0.3 is 15.6 Å². The van der Waals surface area contributed by atoms with E-state index in [4.69, 9.17) is 27.2 Å². The normalized spacial score (nSPS) is 14.3. The van der Waals surface area contributed by atoms with E-state index in [1.54, 1.807) is 45.0 Å². The van der Waals surface area contributed by atoms with Crippen LogP contribution in [0.3, 0.4) is 0 Å². The van der Waals surface area contributed by atoms with Crippen LogP contribution in [0.15, 0.2) is 24.3 Å². The zero-order valence-electron chi connectivity index (χ0n) is 12.3. The summed E-state index contributed by atoms with van der Waals surface area (Å²) in [7, 11) is 0. The van der Waals surface area contributed by atoms with Crippen LogP contribution in [0.4, 0.5) is 0 Å². The van der Waals surface area contributed by atoms with Crippen molar-refractivity contribution in [2.45, 2.75) is 38.8 Å². The second-order valence-electron chi connectivity index (χ2n) is 5.84. The number of esters is 1. The predicted molar refractivity (Wildman–Crippen MR) is 80.1 cm³/mol. The highest BCUT2D eigenvalue weighted by molar-refractivity contribution is 6.30.